The first kappa shape index (κ1) is 24.5. The summed E-state index contributed by atoms with van der Waals surface area (Å²) < 4.78 is 0. The molecule has 1 fully saturated rings. The van der Waals surface area contributed by atoms with Gasteiger partial charge in [0.1, 0.15) is 0 Å². The highest BCUT2D eigenvalue weighted by Gasteiger charge is 2.24. The van der Waals surface area contributed by atoms with Gasteiger partial charge in [0, 0.05) is 42.4 Å². The Morgan fingerprint density at radius 3 is 2.08 bits per heavy atom. The highest BCUT2D eigenvalue weighted by molar-refractivity contribution is 5.94. The van der Waals surface area contributed by atoms with E-state index in [1.165, 1.54) is 5.56 Å². The maximum Gasteiger partial charge on any atom is 0.251 e. The number of hydrogen-bond donors (Lipinski definition) is 1. The van der Waals surface area contributed by atoms with Gasteiger partial charge in [-0.15, -0.1) is 0 Å². The number of benzene rings is 4. The number of nitrogens with zero attached hydrogens (tertiary/aromatic N) is 4. The molecule has 1 aromatic heterocycles. The van der Waals surface area contributed by atoms with Crippen molar-refractivity contribution in [3.05, 3.63) is 120 Å². The molecule has 0 bridgehead atoms. The molecular formula is C33H27N5O. The second kappa shape index (κ2) is 10.9. The second-order valence-electron chi connectivity index (χ2n) is 9.86. The van der Waals surface area contributed by atoms with Crippen molar-refractivity contribution in [3.8, 4) is 28.6 Å². The predicted molar refractivity (Wildman–Crippen MR) is 153 cm³/mol. The molecule has 6 nitrogen and oxygen atoms in total. The fourth-order valence-electron chi connectivity index (χ4n) is 5.08. The zero-order valence-corrected chi connectivity index (χ0v) is 21.4. The summed E-state index contributed by atoms with van der Waals surface area (Å²) in [6, 6.07) is 35.7. The summed E-state index contributed by atoms with van der Waals surface area (Å²) >= 11 is 0. The SMILES string of the molecule is N#Cc1ccc(C(=O)N[C@@H]2CCN(Cc3ccc(-c4nc5ccccc5nc4-c4ccccc4)cc3)C2)cc1. The van der Waals surface area contributed by atoms with E-state index in [0.717, 1.165) is 59.6 Å². The highest BCUT2D eigenvalue weighted by atomic mass is 16.1. The third-order valence-electron chi connectivity index (χ3n) is 7.14. The Morgan fingerprint density at radius 2 is 1.44 bits per heavy atom. The van der Waals surface area contributed by atoms with E-state index in [-0.39, 0.29) is 11.9 Å². The van der Waals surface area contributed by atoms with Crippen LogP contribution in [0.25, 0.3) is 33.5 Å². The molecule has 1 aliphatic heterocycles. The molecule has 1 saturated heterocycles. The van der Waals surface area contributed by atoms with Gasteiger partial charge < -0.3 is 5.32 Å². The normalized spacial score (nSPS) is 15.2. The number of fused-ring (bicyclic) bond motifs is 1. The summed E-state index contributed by atoms with van der Waals surface area (Å²) in [5.74, 6) is -0.0959. The van der Waals surface area contributed by atoms with E-state index in [0.29, 0.717) is 11.1 Å². The summed E-state index contributed by atoms with van der Waals surface area (Å²) in [5, 5.41) is 12.1. The minimum atomic E-state index is -0.0959. The van der Waals surface area contributed by atoms with Crippen LogP contribution in [0, 0.1) is 11.3 Å². The summed E-state index contributed by atoms with van der Waals surface area (Å²) in [6.07, 6.45) is 0.910. The molecule has 0 radical (unpaired) electrons. The lowest BCUT2D eigenvalue weighted by molar-refractivity contribution is 0.0937. The minimum Gasteiger partial charge on any atom is -0.348 e. The number of amides is 1. The molecule has 0 spiro atoms. The van der Waals surface area contributed by atoms with Crippen molar-refractivity contribution in [2.45, 2.75) is 19.0 Å². The number of nitriles is 1. The van der Waals surface area contributed by atoms with Crippen molar-refractivity contribution in [1.29, 1.82) is 5.26 Å². The first-order chi connectivity index (χ1) is 19.2. The smallest absolute Gasteiger partial charge is 0.251 e. The molecule has 39 heavy (non-hydrogen) atoms. The fourth-order valence-corrected chi connectivity index (χ4v) is 5.08. The van der Waals surface area contributed by atoms with Crippen LogP contribution in [0.3, 0.4) is 0 Å². The third-order valence-corrected chi connectivity index (χ3v) is 7.14. The van der Waals surface area contributed by atoms with E-state index >= 15 is 0 Å². The number of rotatable bonds is 6. The Labute approximate surface area is 227 Å². The van der Waals surface area contributed by atoms with Crippen LogP contribution in [0.5, 0.6) is 0 Å². The molecular weight excluding hydrogens is 482 g/mol. The molecule has 1 aliphatic rings. The highest BCUT2D eigenvalue weighted by Crippen LogP contribution is 2.31. The standard InChI is InChI=1S/C33H27N5O/c34-20-23-10-16-27(17-11-23)33(39)35-28-18-19-38(22-28)21-24-12-14-26(15-13-24)32-31(25-6-2-1-3-7-25)36-29-8-4-5-9-30(29)37-32/h1-17,28H,18-19,21-22H2,(H,35,39)/t28-/m1/s1. The maximum absolute atomic E-state index is 12.6. The van der Waals surface area contributed by atoms with E-state index in [1.54, 1.807) is 24.3 Å². The number of para-hydroxylation sites is 2. The van der Waals surface area contributed by atoms with Crippen LogP contribution >= 0.6 is 0 Å². The van der Waals surface area contributed by atoms with Crippen LogP contribution in [0.1, 0.15) is 27.9 Å². The number of hydrogen-bond acceptors (Lipinski definition) is 5. The zero-order chi connectivity index (χ0) is 26.6. The lowest BCUT2D eigenvalue weighted by atomic mass is 10.0. The molecule has 0 unspecified atom stereocenters. The first-order valence-corrected chi connectivity index (χ1v) is 13.1. The third kappa shape index (κ3) is 5.40. The van der Waals surface area contributed by atoms with Gasteiger partial charge in [-0.2, -0.15) is 5.26 Å². The maximum atomic E-state index is 12.6. The lowest BCUT2D eigenvalue weighted by Gasteiger charge is -2.17. The van der Waals surface area contributed by atoms with Gasteiger partial charge >= 0.3 is 0 Å². The molecule has 6 heteroatoms. The molecule has 1 amide bonds. The summed E-state index contributed by atoms with van der Waals surface area (Å²) in [6.45, 7) is 2.55. The van der Waals surface area contributed by atoms with Gasteiger partial charge in [0.05, 0.1) is 34.1 Å². The molecule has 2 heterocycles. The molecule has 1 atom stereocenters. The van der Waals surface area contributed by atoms with Gasteiger partial charge in [0.15, 0.2) is 0 Å². The number of likely N-dealkylation sites (tertiary alicyclic amines) is 1. The monoisotopic (exact) mass is 509 g/mol. The first-order valence-electron chi connectivity index (χ1n) is 13.1. The quantitative estimate of drug-likeness (QED) is 0.311. The molecule has 0 saturated carbocycles. The van der Waals surface area contributed by atoms with Gasteiger partial charge in [0.2, 0.25) is 0 Å². The Morgan fingerprint density at radius 1 is 0.821 bits per heavy atom. The van der Waals surface area contributed by atoms with Crippen LogP contribution in [-0.4, -0.2) is 39.9 Å². The Kier molecular flexibility index (Phi) is 6.82. The largest absolute Gasteiger partial charge is 0.348 e. The molecule has 6 rings (SSSR count). The van der Waals surface area contributed by atoms with Crippen molar-refractivity contribution in [1.82, 2.24) is 20.2 Å². The van der Waals surface area contributed by atoms with Crippen molar-refractivity contribution < 1.29 is 4.79 Å². The molecule has 5 aromatic rings. The van der Waals surface area contributed by atoms with Gasteiger partial charge in [0.25, 0.3) is 5.91 Å². The summed E-state index contributed by atoms with van der Waals surface area (Å²) in [5.41, 5.74) is 7.93. The Balaban J connectivity index is 1.15. The van der Waals surface area contributed by atoms with E-state index in [1.807, 2.05) is 42.5 Å². The Hall–Kier alpha value is -4.86. The van der Waals surface area contributed by atoms with Crippen molar-refractivity contribution in [3.63, 3.8) is 0 Å². The molecule has 4 aromatic carbocycles. The van der Waals surface area contributed by atoms with Gasteiger partial charge in [-0.1, -0.05) is 66.7 Å². The lowest BCUT2D eigenvalue weighted by Crippen LogP contribution is -2.36. The fraction of sp³-hybridized carbons (Fsp3) is 0.152. The van der Waals surface area contributed by atoms with E-state index in [4.69, 9.17) is 15.2 Å². The van der Waals surface area contributed by atoms with Crippen LogP contribution in [0.4, 0.5) is 0 Å². The number of carbonyl (C=O) groups excluding carboxylic acids is 1. The molecule has 0 aliphatic carbocycles. The van der Waals surface area contributed by atoms with Crippen LogP contribution in [-0.2, 0) is 6.54 Å². The average Bonchev–Trinajstić information content (AvgIpc) is 3.43. The van der Waals surface area contributed by atoms with E-state index < -0.39 is 0 Å². The second-order valence-corrected chi connectivity index (χ2v) is 9.86. The van der Waals surface area contributed by atoms with Gasteiger partial charge in [-0.3, -0.25) is 9.69 Å². The summed E-state index contributed by atoms with van der Waals surface area (Å²) in [7, 11) is 0. The van der Waals surface area contributed by atoms with Crippen LogP contribution in [0.2, 0.25) is 0 Å². The number of carbonyl (C=O) groups is 1. The predicted octanol–water partition coefficient (Wildman–Crippen LogP) is 5.84. The van der Waals surface area contributed by atoms with Crippen LogP contribution in [0.15, 0.2) is 103 Å². The van der Waals surface area contributed by atoms with Crippen LogP contribution < -0.4 is 5.32 Å². The van der Waals surface area contributed by atoms with E-state index in [2.05, 4.69) is 52.7 Å². The minimum absolute atomic E-state index is 0.0959. The van der Waals surface area contributed by atoms with Gasteiger partial charge in [-0.25, -0.2) is 9.97 Å². The number of nitrogens with one attached hydrogen (secondary N) is 1. The van der Waals surface area contributed by atoms with E-state index in [9.17, 15) is 4.79 Å². The average molecular weight is 510 g/mol. The van der Waals surface area contributed by atoms with Crippen molar-refractivity contribution in [2.24, 2.45) is 0 Å². The van der Waals surface area contributed by atoms with Gasteiger partial charge in [-0.05, 0) is 48.4 Å². The van der Waals surface area contributed by atoms with Crippen molar-refractivity contribution >= 4 is 16.9 Å². The number of aromatic nitrogens is 2. The molecule has 190 valence electrons. The summed E-state index contributed by atoms with van der Waals surface area (Å²) in [4.78, 5) is 25.0. The molecule has 1 N–H and O–H groups in total. The zero-order valence-electron chi connectivity index (χ0n) is 21.4. The Bertz CT molecular complexity index is 1660. The topological polar surface area (TPSA) is 81.9 Å². The van der Waals surface area contributed by atoms with Crippen molar-refractivity contribution in [2.75, 3.05) is 13.1 Å².